The summed E-state index contributed by atoms with van der Waals surface area (Å²) in [6, 6.07) is 12.2. The van der Waals surface area contributed by atoms with Crippen LogP contribution in [0.25, 0.3) is 5.69 Å². The second-order valence-corrected chi connectivity index (χ2v) is 6.71. The molecule has 1 aliphatic heterocycles. The van der Waals surface area contributed by atoms with E-state index in [1.807, 2.05) is 0 Å². The van der Waals surface area contributed by atoms with Gasteiger partial charge in [0.15, 0.2) is 5.82 Å². The Kier molecular flexibility index (Phi) is 4.44. The molecule has 0 bridgehead atoms. The van der Waals surface area contributed by atoms with E-state index in [-0.39, 0.29) is 23.8 Å². The lowest BCUT2D eigenvalue weighted by Gasteiger charge is -2.26. The van der Waals surface area contributed by atoms with Crippen molar-refractivity contribution in [1.82, 2.24) is 19.2 Å². The number of hydrogen-bond acceptors (Lipinski definition) is 5. The van der Waals surface area contributed by atoms with Crippen LogP contribution >= 0.6 is 11.6 Å². The summed E-state index contributed by atoms with van der Waals surface area (Å²) in [7, 11) is 0. The number of hydrogen-bond donors (Lipinski definition) is 0. The van der Waals surface area contributed by atoms with Crippen molar-refractivity contribution < 1.29 is 9.72 Å². The molecule has 1 amide bonds. The van der Waals surface area contributed by atoms with Gasteiger partial charge in [0.25, 0.3) is 11.6 Å². The maximum absolute atomic E-state index is 12.7. The first kappa shape index (κ1) is 17.9. The smallest absolute Gasteiger partial charge is 0.329 e. The summed E-state index contributed by atoms with van der Waals surface area (Å²) in [5.74, 6) is 0.260. The number of halogens is 1. The van der Waals surface area contributed by atoms with Crippen LogP contribution in [-0.4, -0.2) is 36.6 Å². The third-order valence-electron chi connectivity index (χ3n) is 4.53. The van der Waals surface area contributed by atoms with Crippen LogP contribution in [0.2, 0.25) is 5.02 Å². The first-order valence-corrected chi connectivity index (χ1v) is 8.80. The molecule has 9 nitrogen and oxygen atoms in total. The number of benzene rings is 2. The molecule has 1 aromatic heterocycles. The zero-order valence-corrected chi connectivity index (χ0v) is 15.2. The summed E-state index contributed by atoms with van der Waals surface area (Å²) < 4.78 is 2.69. The summed E-state index contributed by atoms with van der Waals surface area (Å²) in [5, 5.41) is 15.6. The lowest BCUT2D eigenvalue weighted by Crippen LogP contribution is -2.40. The molecule has 142 valence electrons. The Morgan fingerprint density at radius 1 is 1.14 bits per heavy atom. The molecule has 2 heterocycles. The van der Waals surface area contributed by atoms with Crippen molar-refractivity contribution in [3.63, 3.8) is 0 Å². The molecule has 0 unspecified atom stereocenters. The fourth-order valence-electron chi connectivity index (χ4n) is 3.11. The minimum absolute atomic E-state index is 0.0703. The largest absolute Gasteiger partial charge is 0.350 e. The Labute approximate surface area is 163 Å². The number of rotatable bonds is 3. The Bertz CT molecular complexity index is 1140. The van der Waals surface area contributed by atoms with Gasteiger partial charge in [0.05, 0.1) is 17.2 Å². The zero-order chi connectivity index (χ0) is 19.8. The summed E-state index contributed by atoms with van der Waals surface area (Å²) in [6.45, 7) is 0.859. The fraction of sp³-hybridized carbons (Fsp3) is 0.167. The maximum atomic E-state index is 12.7. The molecule has 0 radical (unpaired) electrons. The Morgan fingerprint density at radius 2 is 1.89 bits per heavy atom. The van der Waals surface area contributed by atoms with E-state index in [4.69, 9.17) is 11.6 Å². The summed E-state index contributed by atoms with van der Waals surface area (Å²) in [4.78, 5) is 37.2. The van der Waals surface area contributed by atoms with Crippen molar-refractivity contribution in [1.29, 1.82) is 0 Å². The van der Waals surface area contributed by atoms with Gasteiger partial charge in [0.2, 0.25) is 0 Å². The molecule has 0 atom stereocenters. The van der Waals surface area contributed by atoms with E-state index >= 15 is 0 Å². The molecule has 1 aliphatic rings. The average molecular weight is 400 g/mol. The van der Waals surface area contributed by atoms with Crippen LogP contribution in [0, 0.1) is 10.1 Å². The molecule has 2 aromatic carbocycles. The summed E-state index contributed by atoms with van der Waals surface area (Å²) in [6.07, 6.45) is 0. The lowest BCUT2D eigenvalue weighted by molar-refractivity contribution is -0.384. The molecule has 0 N–H and O–H groups in total. The number of carbonyl (C=O) groups excluding carboxylic acids is 1. The first-order valence-electron chi connectivity index (χ1n) is 8.42. The number of nitro benzene ring substituents is 1. The number of nitro groups is 1. The highest BCUT2D eigenvalue weighted by molar-refractivity contribution is 6.30. The number of aromatic nitrogens is 3. The zero-order valence-electron chi connectivity index (χ0n) is 14.5. The monoisotopic (exact) mass is 399 g/mol. The molecule has 3 aromatic rings. The molecule has 10 heteroatoms. The number of nitrogens with zero attached hydrogens (tertiary/aromatic N) is 5. The van der Waals surface area contributed by atoms with Gasteiger partial charge in [-0.3, -0.25) is 19.5 Å². The molecular formula is C18H14ClN5O4. The normalized spacial score (nSPS) is 13.2. The van der Waals surface area contributed by atoms with Crippen LogP contribution in [0.3, 0.4) is 0 Å². The predicted molar refractivity (Wildman–Crippen MR) is 101 cm³/mol. The molecule has 0 aliphatic carbocycles. The minimum Gasteiger partial charge on any atom is -0.329 e. The lowest BCUT2D eigenvalue weighted by atomic mass is 10.2. The van der Waals surface area contributed by atoms with E-state index < -0.39 is 4.92 Å². The third kappa shape index (κ3) is 3.16. The van der Waals surface area contributed by atoms with Crippen molar-refractivity contribution in [3.05, 3.63) is 85.5 Å². The quantitative estimate of drug-likeness (QED) is 0.496. The van der Waals surface area contributed by atoms with Gasteiger partial charge in [-0.05, 0) is 30.3 Å². The van der Waals surface area contributed by atoms with Crippen LogP contribution in [0.5, 0.6) is 0 Å². The van der Waals surface area contributed by atoms with E-state index in [1.165, 1.54) is 33.5 Å². The Balaban J connectivity index is 1.61. The van der Waals surface area contributed by atoms with Gasteiger partial charge in [-0.1, -0.05) is 17.7 Å². The van der Waals surface area contributed by atoms with Crippen LogP contribution in [0.15, 0.2) is 53.3 Å². The highest BCUT2D eigenvalue weighted by atomic mass is 35.5. The maximum Gasteiger partial charge on any atom is 0.350 e. The molecule has 0 spiro atoms. The predicted octanol–water partition coefficient (Wildman–Crippen LogP) is 2.25. The molecule has 4 rings (SSSR count). The van der Waals surface area contributed by atoms with Gasteiger partial charge in [-0.25, -0.2) is 4.79 Å². The van der Waals surface area contributed by atoms with Crippen LogP contribution in [-0.2, 0) is 13.1 Å². The van der Waals surface area contributed by atoms with Gasteiger partial charge in [-0.2, -0.15) is 4.68 Å². The number of amides is 1. The molecule has 0 saturated carbocycles. The van der Waals surface area contributed by atoms with E-state index in [0.717, 1.165) is 0 Å². The minimum atomic E-state index is -0.510. The SMILES string of the molecule is O=C(c1cccc(Cl)c1)N1CCn2c(nn(-c3ccc([N+](=O)[O-])cc3)c2=O)C1. The highest BCUT2D eigenvalue weighted by Gasteiger charge is 2.26. The molecule has 0 saturated heterocycles. The first-order chi connectivity index (χ1) is 13.4. The molecule has 28 heavy (non-hydrogen) atoms. The van der Waals surface area contributed by atoms with Crippen molar-refractivity contribution in [2.75, 3.05) is 6.54 Å². The van der Waals surface area contributed by atoms with Crippen molar-refractivity contribution in [3.8, 4) is 5.69 Å². The number of fused-ring (bicyclic) bond motifs is 1. The summed E-state index contributed by atoms with van der Waals surface area (Å²) >= 11 is 5.96. The number of non-ortho nitro benzene ring substituents is 1. The van der Waals surface area contributed by atoms with E-state index in [2.05, 4.69) is 5.10 Å². The van der Waals surface area contributed by atoms with Crippen molar-refractivity contribution in [2.45, 2.75) is 13.1 Å². The van der Waals surface area contributed by atoms with Gasteiger partial charge in [0, 0.05) is 35.8 Å². The topological polar surface area (TPSA) is 103 Å². The Hall–Kier alpha value is -3.46. The van der Waals surface area contributed by atoms with E-state index in [9.17, 15) is 19.7 Å². The van der Waals surface area contributed by atoms with Crippen molar-refractivity contribution >= 4 is 23.2 Å². The van der Waals surface area contributed by atoms with Crippen LogP contribution < -0.4 is 5.69 Å². The average Bonchev–Trinajstić information content (AvgIpc) is 3.03. The van der Waals surface area contributed by atoms with Crippen LogP contribution in [0.1, 0.15) is 16.2 Å². The van der Waals surface area contributed by atoms with Crippen molar-refractivity contribution in [2.24, 2.45) is 0 Å². The fourth-order valence-corrected chi connectivity index (χ4v) is 3.30. The van der Waals surface area contributed by atoms with Crippen LogP contribution in [0.4, 0.5) is 5.69 Å². The molecule has 0 fully saturated rings. The second-order valence-electron chi connectivity index (χ2n) is 6.27. The van der Waals surface area contributed by atoms with Gasteiger partial charge in [-0.15, -0.1) is 5.10 Å². The van der Waals surface area contributed by atoms with Gasteiger partial charge < -0.3 is 4.90 Å². The van der Waals surface area contributed by atoms with Gasteiger partial charge >= 0.3 is 5.69 Å². The summed E-state index contributed by atoms with van der Waals surface area (Å²) in [5.41, 5.74) is 0.473. The Morgan fingerprint density at radius 3 is 2.57 bits per heavy atom. The second kappa shape index (κ2) is 6.93. The number of carbonyl (C=O) groups is 1. The van der Waals surface area contributed by atoms with E-state index in [0.29, 0.717) is 35.2 Å². The third-order valence-corrected chi connectivity index (χ3v) is 4.76. The highest BCUT2D eigenvalue weighted by Crippen LogP contribution is 2.18. The van der Waals surface area contributed by atoms with E-state index in [1.54, 1.807) is 29.2 Å². The standard InChI is InChI=1S/C18H14ClN5O4/c19-13-3-1-2-12(10-13)17(25)21-8-9-22-16(11-21)20-23(18(22)26)14-4-6-15(7-5-14)24(27)28/h1-7,10H,8-9,11H2. The molecular weight excluding hydrogens is 386 g/mol. The van der Waals surface area contributed by atoms with Gasteiger partial charge in [0.1, 0.15) is 0 Å².